The molecule has 0 spiro atoms. The number of rotatable bonds is 6. The molecule has 1 aromatic heterocycles. The van der Waals surface area contributed by atoms with Gasteiger partial charge < -0.3 is 10.4 Å². The zero-order valence-electron chi connectivity index (χ0n) is 17.6. The molecular weight excluding hydrogens is 364 g/mol. The Morgan fingerprint density at radius 1 is 1.10 bits per heavy atom. The van der Waals surface area contributed by atoms with Gasteiger partial charge in [-0.15, -0.1) is 0 Å². The Kier molecular flexibility index (Phi) is 6.83. The first-order chi connectivity index (χ1) is 14.2. The molecule has 1 atom stereocenters. The molecule has 1 aromatic rings. The van der Waals surface area contributed by atoms with Gasteiger partial charge in [0.2, 0.25) is 5.91 Å². The van der Waals surface area contributed by atoms with Crippen LogP contribution in [0.5, 0.6) is 0 Å². The summed E-state index contributed by atoms with van der Waals surface area (Å²) >= 11 is 0. The predicted octanol–water partition coefficient (Wildman–Crippen LogP) is 2.18. The number of piperidine rings is 2. The van der Waals surface area contributed by atoms with Crippen molar-refractivity contribution in [3.8, 4) is 0 Å². The molecule has 6 nitrogen and oxygen atoms in total. The maximum Gasteiger partial charge on any atom is 0.224 e. The molecule has 1 aliphatic carbocycles. The number of carbonyl (C=O) groups excluding carboxylic acids is 1. The van der Waals surface area contributed by atoms with Crippen molar-refractivity contribution in [2.75, 3.05) is 32.8 Å². The van der Waals surface area contributed by atoms with Gasteiger partial charge in [-0.2, -0.15) is 0 Å². The highest BCUT2D eigenvalue weighted by Crippen LogP contribution is 2.31. The molecule has 2 N–H and O–H groups in total. The van der Waals surface area contributed by atoms with Crippen LogP contribution < -0.4 is 5.32 Å². The lowest BCUT2D eigenvalue weighted by Crippen LogP contribution is -2.55. The lowest BCUT2D eigenvalue weighted by Gasteiger charge is -2.42. The quantitative estimate of drug-likeness (QED) is 0.766. The second-order valence-corrected chi connectivity index (χ2v) is 9.33. The maximum atomic E-state index is 12.9. The lowest BCUT2D eigenvalue weighted by molar-refractivity contribution is -0.129. The predicted molar refractivity (Wildman–Crippen MR) is 113 cm³/mol. The summed E-state index contributed by atoms with van der Waals surface area (Å²) in [6.07, 6.45) is 12.2. The Morgan fingerprint density at radius 3 is 2.52 bits per heavy atom. The largest absolute Gasteiger partial charge is 0.394 e. The van der Waals surface area contributed by atoms with E-state index in [2.05, 4.69) is 32.2 Å². The molecule has 29 heavy (non-hydrogen) atoms. The average Bonchev–Trinajstić information content (AvgIpc) is 3.24. The van der Waals surface area contributed by atoms with Gasteiger partial charge in [0.1, 0.15) is 0 Å². The summed E-state index contributed by atoms with van der Waals surface area (Å²) in [6.45, 7) is 5.31. The highest BCUT2D eigenvalue weighted by atomic mass is 16.3. The van der Waals surface area contributed by atoms with Crippen LogP contribution in [0.1, 0.15) is 56.9 Å². The van der Waals surface area contributed by atoms with Crippen LogP contribution >= 0.6 is 0 Å². The minimum absolute atomic E-state index is 0.0719. The SMILES string of the molecule is O=C(NC1(CO)CCCC1)C1CCCN(C2CCN(Cc3ccncc3)CC2)C1. The van der Waals surface area contributed by atoms with E-state index in [9.17, 15) is 9.90 Å². The van der Waals surface area contributed by atoms with E-state index in [1.165, 1.54) is 18.4 Å². The Balaban J connectivity index is 1.26. The number of hydrogen-bond acceptors (Lipinski definition) is 5. The standard InChI is InChI=1S/C23H36N4O2/c28-18-23(9-1-2-10-23)25-22(29)20-4-3-13-27(17-20)21-7-14-26(15-8-21)16-19-5-11-24-12-6-19/h5-6,11-12,20-21,28H,1-4,7-10,13-18H2,(H,25,29). The average molecular weight is 401 g/mol. The number of aromatic nitrogens is 1. The van der Waals surface area contributed by atoms with E-state index in [-0.39, 0.29) is 24.0 Å². The number of likely N-dealkylation sites (tertiary alicyclic amines) is 2. The molecule has 2 saturated heterocycles. The Bertz CT molecular complexity index is 654. The number of aliphatic hydroxyl groups is 1. The topological polar surface area (TPSA) is 68.7 Å². The third-order valence-corrected chi connectivity index (χ3v) is 7.30. The zero-order chi connectivity index (χ0) is 20.1. The van der Waals surface area contributed by atoms with E-state index < -0.39 is 0 Å². The van der Waals surface area contributed by atoms with Crippen LogP contribution in [0.3, 0.4) is 0 Å². The number of pyridine rings is 1. The second-order valence-electron chi connectivity index (χ2n) is 9.33. The van der Waals surface area contributed by atoms with E-state index in [4.69, 9.17) is 0 Å². The number of aliphatic hydroxyl groups excluding tert-OH is 1. The summed E-state index contributed by atoms with van der Waals surface area (Å²) in [5.41, 5.74) is 0.982. The van der Waals surface area contributed by atoms with E-state index >= 15 is 0 Å². The van der Waals surface area contributed by atoms with E-state index in [1.54, 1.807) is 0 Å². The first-order valence-electron chi connectivity index (χ1n) is 11.5. The number of carbonyl (C=O) groups is 1. The molecule has 0 aromatic carbocycles. The number of hydrogen-bond donors (Lipinski definition) is 2. The van der Waals surface area contributed by atoms with Crippen molar-refractivity contribution in [3.63, 3.8) is 0 Å². The van der Waals surface area contributed by atoms with Gasteiger partial charge in [0.05, 0.1) is 18.1 Å². The molecule has 0 radical (unpaired) electrons. The van der Waals surface area contributed by atoms with Crippen molar-refractivity contribution in [2.24, 2.45) is 5.92 Å². The highest BCUT2D eigenvalue weighted by molar-refractivity contribution is 5.79. The van der Waals surface area contributed by atoms with Crippen LogP contribution in [-0.4, -0.2) is 70.2 Å². The molecule has 6 heteroatoms. The third-order valence-electron chi connectivity index (χ3n) is 7.30. The summed E-state index contributed by atoms with van der Waals surface area (Å²) in [6, 6.07) is 4.80. The maximum absolute atomic E-state index is 12.9. The van der Waals surface area contributed by atoms with E-state index in [0.29, 0.717) is 6.04 Å². The summed E-state index contributed by atoms with van der Waals surface area (Å²) in [5.74, 6) is 0.239. The monoisotopic (exact) mass is 400 g/mol. The molecule has 4 rings (SSSR count). The Morgan fingerprint density at radius 2 is 1.83 bits per heavy atom. The minimum atomic E-state index is -0.350. The third kappa shape index (κ3) is 5.16. The van der Waals surface area contributed by atoms with Gasteiger partial charge in [-0.3, -0.25) is 19.6 Å². The van der Waals surface area contributed by atoms with Crippen LogP contribution in [0.4, 0.5) is 0 Å². The molecule has 3 heterocycles. The molecule has 3 fully saturated rings. The molecule has 1 amide bonds. The van der Waals surface area contributed by atoms with Gasteiger partial charge in [-0.05, 0) is 75.9 Å². The second kappa shape index (κ2) is 9.54. The summed E-state index contributed by atoms with van der Waals surface area (Å²) in [5, 5.41) is 13.1. The van der Waals surface area contributed by atoms with Crippen LogP contribution in [0.15, 0.2) is 24.5 Å². The molecule has 0 bridgehead atoms. The number of nitrogens with one attached hydrogen (secondary N) is 1. The van der Waals surface area contributed by atoms with Gasteiger partial charge in [-0.1, -0.05) is 12.8 Å². The molecule has 160 valence electrons. The number of nitrogens with zero attached hydrogens (tertiary/aromatic N) is 3. The summed E-state index contributed by atoms with van der Waals surface area (Å²) < 4.78 is 0. The first-order valence-corrected chi connectivity index (χ1v) is 11.5. The highest BCUT2D eigenvalue weighted by Gasteiger charge is 2.38. The van der Waals surface area contributed by atoms with Gasteiger partial charge >= 0.3 is 0 Å². The molecule has 3 aliphatic rings. The van der Waals surface area contributed by atoms with E-state index in [1.807, 2.05) is 12.4 Å². The Hall–Kier alpha value is -1.50. The van der Waals surface area contributed by atoms with E-state index in [0.717, 1.165) is 71.2 Å². The van der Waals surface area contributed by atoms with Crippen molar-refractivity contribution in [1.82, 2.24) is 20.1 Å². The van der Waals surface area contributed by atoms with Gasteiger partial charge in [0, 0.05) is 31.5 Å². The van der Waals surface area contributed by atoms with Crippen LogP contribution in [0.25, 0.3) is 0 Å². The van der Waals surface area contributed by atoms with Gasteiger partial charge in [0.15, 0.2) is 0 Å². The number of amides is 1. The summed E-state index contributed by atoms with van der Waals surface area (Å²) in [4.78, 5) is 22.1. The van der Waals surface area contributed by atoms with Crippen LogP contribution in [0, 0.1) is 5.92 Å². The fourth-order valence-corrected chi connectivity index (χ4v) is 5.48. The molecule has 2 aliphatic heterocycles. The Labute approximate surface area is 174 Å². The molecule has 1 unspecified atom stereocenters. The molecule has 1 saturated carbocycles. The van der Waals surface area contributed by atoms with Gasteiger partial charge in [0.25, 0.3) is 0 Å². The van der Waals surface area contributed by atoms with Crippen LogP contribution in [0.2, 0.25) is 0 Å². The lowest BCUT2D eigenvalue weighted by atomic mass is 9.91. The first kappa shape index (κ1) is 20.8. The molecular formula is C23H36N4O2. The van der Waals surface area contributed by atoms with Crippen molar-refractivity contribution < 1.29 is 9.90 Å². The normalized spacial score (nSPS) is 26.4. The summed E-state index contributed by atoms with van der Waals surface area (Å²) in [7, 11) is 0. The van der Waals surface area contributed by atoms with Gasteiger partial charge in [-0.25, -0.2) is 0 Å². The van der Waals surface area contributed by atoms with Crippen LogP contribution in [-0.2, 0) is 11.3 Å². The fourth-order valence-electron chi connectivity index (χ4n) is 5.48. The van der Waals surface area contributed by atoms with Crippen molar-refractivity contribution in [3.05, 3.63) is 30.1 Å². The van der Waals surface area contributed by atoms with Crippen molar-refractivity contribution in [2.45, 2.75) is 69.5 Å². The minimum Gasteiger partial charge on any atom is -0.394 e. The zero-order valence-corrected chi connectivity index (χ0v) is 17.6. The smallest absolute Gasteiger partial charge is 0.224 e. The van der Waals surface area contributed by atoms with Crippen molar-refractivity contribution in [1.29, 1.82) is 0 Å². The van der Waals surface area contributed by atoms with Crippen molar-refractivity contribution >= 4 is 5.91 Å². The fraction of sp³-hybridized carbons (Fsp3) is 0.739.